The van der Waals surface area contributed by atoms with Gasteiger partial charge in [0.2, 0.25) is 0 Å². The zero-order chi connectivity index (χ0) is 12.9. The second kappa shape index (κ2) is 6.20. The van der Waals surface area contributed by atoms with Crippen molar-refractivity contribution in [1.29, 1.82) is 0 Å². The Morgan fingerprint density at radius 1 is 1.18 bits per heavy atom. The van der Waals surface area contributed by atoms with Crippen LogP contribution in [-0.2, 0) is 6.42 Å². The highest BCUT2D eigenvalue weighted by molar-refractivity contribution is 5.25. The summed E-state index contributed by atoms with van der Waals surface area (Å²) in [6, 6.07) is 8.94. The van der Waals surface area contributed by atoms with E-state index in [1.165, 1.54) is 17.5 Å². The molecule has 1 unspecified atom stereocenters. The molecular formula is C16H26O. The number of hydrogen-bond donors (Lipinski definition) is 1. The van der Waals surface area contributed by atoms with Gasteiger partial charge in [0.1, 0.15) is 0 Å². The van der Waals surface area contributed by atoms with Gasteiger partial charge in [0.05, 0.1) is 5.60 Å². The van der Waals surface area contributed by atoms with Crippen LogP contribution in [0.3, 0.4) is 0 Å². The van der Waals surface area contributed by atoms with E-state index in [4.69, 9.17) is 0 Å². The van der Waals surface area contributed by atoms with E-state index in [2.05, 4.69) is 38.1 Å². The fourth-order valence-corrected chi connectivity index (χ4v) is 1.97. The van der Waals surface area contributed by atoms with E-state index < -0.39 is 5.60 Å². The van der Waals surface area contributed by atoms with E-state index in [-0.39, 0.29) is 0 Å². The molecule has 0 spiro atoms. The molecule has 0 aliphatic heterocycles. The van der Waals surface area contributed by atoms with E-state index in [1.54, 1.807) is 0 Å². The second-order valence-electron chi connectivity index (χ2n) is 5.72. The van der Waals surface area contributed by atoms with Crippen molar-refractivity contribution in [3.63, 3.8) is 0 Å². The number of aryl methyl sites for hydroxylation is 1. The molecule has 1 heteroatoms. The molecule has 1 nitrogen and oxygen atoms in total. The molecule has 1 atom stereocenters. The molecule has 1 rings (SSSR count). The molecule has 0 fully saturated rings. The maximum Gasteiger partial charge on any atom is 0.0591 e. The Kier molecular flexibility index (Phi) is 5.20. The summed E-state index contributed by atoms with van der Waals surface area (Å²) in [7, 11) is 0. The van der Waals surface area contributed by atoms with Gasteiger partial charge in [-0.05, 0) is 56.6 Å². The summed E-state index contributed by atoms with van der Waals surface area (Å²) in [6.07, 6.45) is 4.16. The first-order valence-electron chi connectivity index (χ1n) is 6.73. The molecule has 0 aliphatic rings. The highest BCUT2D eigenvalue weighted by Gasteiger charge is 2.11. The minimum Gasteiger partial charge on any atom is -0.390 e. The topological polar surface area (TPSA) is 20.2 Å². The summed E-state index contributed by atoms with van der Waals surface area (Å²) >= 11 is 0. The predicted octanol–water partition coefficient (Wildman–Crippen LogP) is 4.29. The van der Waals surface area contributed by atoms with E-state index in [1.807, 2.05) is 13.8 Å². The van der Waals surface area contributed by atoms with Crippen molar-refractivity contribution in [1.82, 2.24) is 0 Å². The maximum atomic E-state index is 9.64. The van der Waals surface area contributed by atoms with Crippen molar-refractivity contribution in [2.75, 3.05) is 0 Å². The van der Waals surface area contributed by atoms with Crippen LogP contribution in [0.1, 0.15) is 64.0 Å². The average molecular weight is 234 g/mol. The van der Waals surface area contributed by atoms with E-state index in [0.29, 0.717) is 5.92 Å². The van der Waals surface area contributed by atoms with Crippen molar-refractivity contribution in [3.8, 4) is 0 Å². The molecule has 0 radical (unpaired) electrons. The lowest BCUT2D eigenvalue weighted by atomic mass is 9.95. The Hall–Kier alpha value is -0.820. The molecule has 1 N–H and O–H groups in total. The molecule has 0 aliphatic carbocycles. The lowest BCUT2D eigenvalue weighted by molar-refractivity contribution is 0.0689. The highest BCUT2D eigenvalue weighted by Crippen LogP contribution is 2.20. The Bertz CT molecular complexity index is 318. The van der Waals surface area contributed by atoms with E-state index >= 15 is 0 Å². The molecule has 96 valence electrons. The summed E-state index contributed by atoms with van der Waals surface area (Å²) in [6.45, 7) is 8.24. The molecule has 0 heterocycles. The quantitative estimate of drug-likeness (QED) is 0.778. The summed E-state index contributed by atoms with van der Waals surface area (Å²) in [5.41, 5.74) is 2.27. The Balaban J connectivity index is 2.46. The van der Waals surface area contributed by atoms with Gasteiger partial charge in [-0.2, -0.15) is 0 Å². The third kappa shape index (κ3) is 5.36. The summed E-state index contributed by atoms with van der Waals surface area (Å²) in [5, 5.41) is 9.64. The normalized spacial score (nSPS) is 13.7. The zero-order valence-electron chi connectivity index (χ0n) is 11.7. The number of aliphatic hydroxyl groups is 1. The average Bonchev–Trinajstić information content (AvgIpc) is 2.27. The van der Waals surface area contributed by atoms with Crippen LogP contribution >= 0.6 is 0 Å². The van der Waals surface area contributed by atoms with Crippen LogP contribution < -0.4 is 0 Å². The minimum absolute atomic E-state index is 0.531. The van der Waals surface area contributed by atoms with Crippen LogP contribution in [0.4, 0.5) is 0 Å². The first-order valence-corrected chi connectivity index (χ1v) is 6.73. The fraction of sp³-hybridized carbons (Fsp3) is 0.625. The van der Waals surface area contributed by atoms with Gasteiger partial charge in [-0.25, -0.2) is 0 Å². The van der Waals surface area contributed by atoms with Crippen molar-refractivity contribution in [2.24, 2.45) is 0 Å². The Labute approximate surface area is 106 Å². The smallest absolute Gasteiger partial charge is 0.0591 e. The van der Waals surface area contributed by atoms with Gasteiger partial charge in [0.25, 0.3) is 0 Å². The second-order valence-corrected chi connectivity index (χ2v) is 5.72. The lowest BCUT2D eigenvalue weighted by Crippen LogP contribution is -2.18. The lowest BCUT2D eigenvalue weighted by Gasteiger charge is -2.16. The summed E-state index contributed by atoms with van der Waals surface area (Å²) in [4.78, 5) is 0. The van der Waals surface area contributed by atoms with Crippen molar-refractivity contribution < 1.29 is 5.11 Å². The zero-order valence-corrected chi connectivity index (χ0v) is 11.7. The molecule has 0 saturated carbocycles. The van der Waals surface area contributed by atoms with Crippen LogP contribution in [0, 0.1) is 0 Å². The van der Waals surface area contributed by atoms with Gasteiger partial charge in [-0.3, -0.25) is 0 Å². The third-order valence-electron chi connectivity index (χ3n) is 3.42. The number of hydrogen-bond acceptors (Lipinski definition) is 1. The molecule has 0 saturated heterocycles. The monoisotopic (exact) mass is 234 g/mol. The van der Waals surface area contributed by atoms with Gasteiger partial charge in [0.15, 0.2) is 0 Å². The summed E-state index contributed by atoms with van der Waals surface area (Å²) in [5.74, 6) is 0.653. The van der Waals surface area contributed by atoms with Gasteiger partial charge in [-0.1, -0.05) is 38.1 Å². The molecule has 0 bridgehead atoms. The molecule has 0 aromatic heterocycles. The molecular weight excluding hydrogens is 208 g/mol. The predicted molar refractivity (Wildman–Crippen MR) is 74.4 cm³/mol. The summed E-state index contributed by atoms with van der Waals surface area (Å²) < 4.78 is 0. The molecule has 1 aromatic carbocycles. The first kappa shape index (κ1) is 14.2. The largest absolute Gasteiger partial charge is 0.390 e. The van der Waals surface area contributed by atoms with Gasteiger partial charge >= 0.3 is 0 Å². The fourth-order valence-electron chi connectivity index (χ4n) is 1.97. The van der Waals surface area contributed by atoms with Gasteiger partial charge in [-0.15, -0.1) is 0 Å². The van der Waals surface area contributed by atoms with Crippen molar-refractivity contribution >= 4 is 0 Å². The van der Waals surface area contributed by atoms with Crippen molar-refractivity contribution in [2.45, 2.75) is 64.9 Å². The standard InChI is InChI=1S/C16H26O/c1-5-13(2)15-10-8-14(9-11-15)7-6-12-16(3,4)17/h8-11,13,17H,5-7,12H2,1-4H3. The Morgan fingerprint density at radius 3 is 2.24 bits per heavy atom. The van der Waals surface area contributed by atoms with Gasteiger partial charge < -0.3 is 5.11 Å². The van der Waals surface area contributed by atoms with Crippen LogP contribution in [0.2, 0.25) is 0 Å². The van der Waals surface area contributed by atoms with E-state index in [0.717, 1.165) is 19.3 Å². The molecule has 17 heavy (non-hydrogen) atoms. The Morgan fingerprint density at radius 2 is 1.76 bits per heavy atom. The van der Waals surface area contributed by atoms with E-state index in [9.17, 15) is 5.11 Å². The van der Waals surface area contributed by atoms with Crippen LogP contribution in [0.25, 0.3) is 0 Å². The first-order chi connectivity index (χ1) is 7.92. The van der Waals surface area contributed by atoms with Crippen LogP contribution in [0.5, 0.6) is 0 Å². The van der Waals surface area contributed by atoms with Crippen molar-refractivity contribution in [3.05, 3.63) is 35.4 Å². The SMILES string of the molecule is CCC(C)c1ccc(CCCC(C)(C)O)cc1. The van der Waals surface area contributed by atoms with Gasteiger partial charge in [0, 0.05) is 0 Å². The highest BCUT2D eigenvalue weighted by atomic mass is 16.3. The minimum atomic E-state index is -0.531. The van der Waals surface area contributed by atoms with Crippen LogP contribution in [0.15, 0.2) is 24.3 Å². The third-order valence-corrected chi connectivity index (χ3v) is 3.42. The molecule has 1 aromatic rings. The maximum absolute atomic E-state index is 9.64. The number of rotatable bonds is 6. The van der Waals surface area contributed by atoms with Crippen LogP contribution in [-0.4, -0.2) is 10.7 Å². The number of benzene rings is 1. The molecule has 0 amide bonds.